The summed E-state index contributed by atoms with van der Waals surface area (Å²) in [6.45, 7) is 5.93. The number of hydrogen-bond acceptors (Lipinski definition) is 8. The molecule has 1 amide bonds. The summed E-state index contributed by atoms with van der Waals surface area (Å²) in [6, 6.07) is 4.23. The molecule has 2 N–H and O–H groups in total. The molecule has 2 heterocycles. The third-order valence-corrected chi connectivity index (χ3v) is 6.21. The number of ketones is 1. The van der Waals surface area contributed by atoms with E-state index in [0.29, 0.717) is 34.9 Å². The molecule has 1 atom stereocenters. The van der Waals surface area contributed by atoms with Crippen molar-refractivity contribution in [3.05, 3.63) is 51.9 Å². The highest BCUT2D eigenvalue weighted by molar-refractivity contribution is 6.46. The first kappa shape index (κ1) is 26.8. The number of aromatic amines is 1. The van der Waals surface area contributed by atoms with E-state index in [0.717, 1.165) is 0 Å². The molecular weight excluding hydrogens is 466 g/mol. The molecule has 1 saturated heterocycles. The minimum absolute atomic E-state index is 0.0917. The van der Waals surface area contributed by atoms with Gasteiger partial charge in [-0.15, -0.1) is 0 Å². The number of carbonyl (C=O) groups excluding carboxylic acids is 3. The fourth-order valence-corrected chi connectivity index (χ4v) is 4.52. The van der Waals surface area contributed by atoms with Crippen LogP contribution in [0.15, 0.2) is 23.8 Å². The molecule has 0 unspecified atom stereocenters. The smallest absolute Gasteiger partial charge is 0.355 e. The van der Waals surface area contributed by atoms with Crippen LogP contribution in [0.2, 0.25) is 0 Å². The number of benzene rings is 1. The van der Waals surface area contributed by atoms with Crippen molar-refractivity contribution in [2.75, 3.05) is 48.0 Å². The van der Waals surface area contributed by atoms with Gasteiger partial charge in [0.2, 0.25) is 0 Å². The van der Waals surface area contributed by atoms with Gasteiger partial charge in [-0.05, 0) is 46.5 Å². The number of carbonyl (C=O) groups is 3. The van der Waals surface area contributed by atoms with Crippen LogP contribution in [-0.4, -0.2) is 85.6 Å². The number of likely N-dealkylation sites (tertiary alicyclic amines) is 1. The molecule has 36 heavy (non-hydrogen) atoms. The number of Topliss-reactive ketones (excluding diaryl/α,β-unsaturated/α-hetero) is 1. The number of methoxy groups -OCH3 is 2. The lowest BCUT2D eigenvalue weighted by Gasteiger charge is -2.28. The number of rotatable bonds is 9. The molecule has 1 aliphatic rings. The highest BCUT2D eigenvalue weighted by atomic mass is 16.5. The van der Waals surface area contributed by atoms with Crippen molar-refractivity contribution >= 4 is 23.4 Å². The summed E-state index contributed by atoms with van der Waals surface area (Å²) in [4.78, 5) is 45.3. The quantitative estimate of drug-likeness (QED) is 0.234. The van der Waals surface area contributed by atoms with E-state index in [9.17, 15) is 19.5 Å². The third kappa shape index (κ3) is 4.68. The molecule has 1 aliphatic heterocycles. The van der Waals surface area contributed by atoms with E-state index in [2.05, 4.69) is 4.98 Å². The SMILES string of the molecule is CCOC(=O)c1[nH]c(C)c(/C(O)=C2\C(=O)C(=O)N(CCN(C)C)[C@@H]2c2cccc(OC)c2OC)c1C. The molecule has 0 aliphatic carbocycles. The second-order valence-electron chi connectivity index (χ2n) is 8.72. The van der Waals surface area contributed by atoms with Crippen molar-refractivity contribution < 1.29 is 33.7 Å². The lowest BCUT2D eigenvalue weighted by atomic mass is 9.93. The Kier molecular flexibility index (Phi) is 8.09. The summed E-state index contributed by atoms with van der Waals surface area (Å²) in [7, 11) is 6.69. The number of amides is 1. The summed E-state index contributed by atoms with van der Waals surface area (Å²) in [6.07, 6.45) is 0. The summed E-state index contributed by atoms with van der Waals surface area (Å²) < 4.78 is 16.2. The van der Waals surface area contributed by atoms with Crippen molar-refractivity contribution in [1.29, 1.82) is 0 Å². The van der Waals surface area contributed by atoms with E-state index < -0.39 is 23.7 Å². The van der Waals surface area contributed by atoms with Crippen LogP contribution >= 0.6 is 0 Å². The average Bonchev–Trinajstić information content (AvgIpc) is 3.28. The lowest BCUT2D eigenvalue weighted by Crippen LogP contribution is -2.35. The minimum Gasteiger partial charge on any atom is -0.507 e. The van der Waals surface area contributed by atoms with Crippen molar-refractivity contribution in [2.45, 2.75) is 26.8 Å². The molecule has 0 radical (unpaired) electrons. The fourth-order valence-electron chi connectivity index (χ4n) is 4.52. The normalized spacial score (nSPS) is 17.1. The number of nitrogens with zero attached hydrogens (tertiary/aromatic N) is 2. The molecule has 0 saturated carbocycles. The highest BCUT2D eigenvalue weighted by Gasteiger charge is 2.47. The number of aliphatic hydroxyl groups excluding tert-OH is 1. The molecule has 10 heteroatoms. The predicted octanol–water partition coefficient (Wildman–Crippen LogP) is 2.81. The Labute approximate surface area is 210 Å². The molecule has 0 bridgehead atoms. The van der Waals surface area contributed by atoms with Gasteiger partial charge in [0.15, 0.2) is 11.5 Å². The van der Waals surface area contributed by atoms with Gasteiger partial charge < -0.3 is 34.1 Å². The van der Waals surface area contributed by atoms with Gasteiger partial charge in [0.05, 0.1) is 32.4 Å². The molecular formula is C26H33N3O7. The largest absolute Gasteiger partial charge is 0.507 e. The van der Waals surface area contributed by atoms with Gasteiger partial charge in [0.1, 0.15) is 11.5 Å². The maximum absolute atomic E-state index is 13.4. The van der Waals surface area contributed by atoms with Gasteiger partial charge in [-0.25, -0.2) is 4.79 Å². The number of aryl methyl sites for hydroxylation is 1. The van der Waals surface area contributed by atoms with Gasteiger partial charge in [-0.2, -0.15) is 0 Å². The Morgan fingerprint density at radius 3 is 2.44 bits per heavy atom. The topological polar surface area (TPSA) is 121 Å². The van der Waals surface area contributed by atoms with Crippen LogP contribution in [0.5, 0.6) is 11.5 Å². The van der Waals surface area contributed by atoms with Gasteiger partial charge in [0.25, 0.3) is 11.7 Å². The first-order valence-corrected chi connectivity index (χ1v) is 11.6. The second-order valence-corrected chi connectivity index (χ2v) is 8.72. The Hall–Kier alpha value is -3.79. The maximum Gasteiger partial charge on any atom is 0.355 e. The van der Waals surface area contributed by atoms with E-state index in [1.54, 1.807) is 39.0 Å². The summed E-state index contributed by atoms with van der Waals surface area (Å²) >= 11 is 0. The van der Waals surface area contributed by atoms with Crippen LogP contribution in [0.4, 0.5) is 0 Å². The Bertz CT molecular complexity index is 1210. The van der Waals surface area contributed by atoms with Crippen LogP contribution in [-0.2, 0) is 14.3 Å². The molecule has 3 rings (SSSR count). The molecule has 1 aromatic carbocycles. The zero-order valence-corrected chi connectivity index (χ0v) is 21.7. The van der Waals surface area contributed by atoms with Crippen LogP contribution in [0.3, 0.4) is 0 Å². The fraction of sp³-hybridized carbons (Fsp3) is 0.423. The minimum atomic E-state index is -0.935. The maximum atomic E-state index is 13.4. The second kappa shape index (κ2) is 10.9. The third-order valence-electron chi connectivity index (χ3n) is 6.21. The zero-order valence-electron chi connectivity index (χ0n) is 21.7. The number of hydrogen-bond donors (Lipinski definition) is 2. The number of H-pyrrole nitrogens is 1. The van der Waals surface area contributed by atoms with Gasteiger partial charge in [0, 0.05) is 29.9 Å². The van der Waals surface area contributed by atoms with Crippen LogP contribution in [0.1, 0.15) is 45.8 Å². The Morgan fingerprint density at radius 2 is 1.86 bits per heavy atom. The van der Waals surface area contributed by atoms with Gasteiger partial charge >= 0.3 is 5.97 Å². The molecule has 2 aromatic rings. The Morgan fingerprint density at radius 1 is 1.17 bits per heavy atom. The number of ether oxygens (including phenoxy) is 3. The van der Waals surface area contributed by atoms with E-state index in [-0.39, 0.29) is 35.7 Å². The molecule has 1 fully saturated rings. The number of aliphatic hydroxyl groups is 1. The highest BCUT2D eigenvalue weighted by Crippen LogP contribution is 2.46. The van der Waals surface area contributed by atoms with Crippen molar-refractivity contribution in [1.82, 2.24) is 14.8 Å². The number of esters is 1. The summed E-state index contributed by atoms with van der Waals surface area (Å²) in [5, 5.41) is 11.5. The van der Waals surface area contributed by atoms with Crippen molar-refractivity contribution in [3.63, 3.8) is 0 Å². The molecule has 1 aromatic heterocycles. The van der Waals surface area contributed by atoms with E-state index in [1.165, 1.54) is 19.1 Å². The molecule has 194 valence electrons. The molecule has 0 spiro atoms. The monoisotopic (exact) mass is 499 g/mol. The number of nitrogens with one attached hydrogen (secondary N) is 1. The van der Waals surface area contributed by atoms with Gasteiger partial charge in [-0.1, -0.05) is 12.1 Å². The van der Waals surface area contributed by atoms with Crippen LogP contribution in [0, 0.1) is 13.8 Å². The predicted molar refractivity (Wildman–Crippen MR) is 133 cm³/mol. The van der Waals surface area contributed by atoms with Gasteiger partial charge in [-0.3, -0.25) is 9.59 Å². The van der Waals surface area contributed by atoms with E-state index >= 15 is 0 Å². The zero-order chi connectivity index (χ0) is 26.7. The standard InChI is InChI=1S/C26H33N3O7/c1-8-36-26(33)20-14(2)18(15(3)27-20)22(30)19-21(16-10-9-11-17(34-6)24(16)35-7)29(13-12-28(4)5)25(32)23(19)31/h9-11,21,27,30H,8,12-13H2,1-7H3/b22-19+/t21-/m1/s1. The van der Waals surface area contributed by atoms with E-state index in [4.69, 9.17) is 14.2 Å². The first-order chi connectivity index (χ1) is 17.1. The Balaban J connectivity index is 2.29. The number of likely N-dealkylation sites (N-methyl/N-ethyl adjacent to an activating group) is 1. The summed E-state index contributed by atoms with van der Waals surface area (Å²) in [5.41, 5.74) is 1.73. The van der Waals surface area contributed by atoms with Crippen LogP contribution < -0.4 is 9.47 Å². The number of para-hydroxylation sites is 1. The van der Waals surface area contributed by atoms with E-state index in [1.807, 2.05) is 19.0 Å². The average molecular weight is 500 g/mol. The first-order valence-electron chi connectivity index (χ1n) is 11.6. The van der Waals surface area contributed by atoms with Crippen molar-refractivity contribution in [2.24, 2.45) is 0 Å². The van der Waals surface area contributed by atoms with Crippen molar-refractivity contribution in [3.8, 4) is 11.5 Å². The number of aromatic nitrogens is 1. The lowest BCUT2D eigenvalue weighted by molar-refractivity contribution is -0.140. The van der Waals surface area contributed by atoms with Crippen LogP contribution in [0.25, 0.3) is 5.76 Å². The molecule has 10 nitrogen and oxygen atoms in total. The summed E-state index contributed by atoms with van der Waals surface area (Å²) in [5.74, 6) is -1.73.